The van der Waals surface area contributed by atoms with Crippen LogP contribution in [0.25, 0.3) is 0 Å². The molecule has 2 heteroatoms. The molecule has 0 aliphatic rings. The summed E-state index contributed by atoms with van der Waals surface area (Å²) in [6, 6.07) is 8.10. The number of carbonyl (C=O) groups is 1. The average Bonchev–Trinajstić information content (AvgIpc) is 2.04. The van der Waals surface area contributed by atoms with E-state index in [-0.39, 0.29) is 5.78 Å². The van der Waals surface area contributed by atoms with E-state index < -0.39 is 0 Å². The van der Waals surface area contributed by atoms with Crippen molar-refractivity contribution in [2.24, 2.45) is 0 Å². The highest BCUT2D eigenvalue weighted by Gasteiger charge is 1.98. The van der Waals surface area contributed by atoms with E-state index in [1.807, 2.05) is 19.2 Å². The number of hydrogen-bond acceptors (Lipinski definition) is 2. The van der Waals surface area contributed by atoms with Crippen LogP contribution in [0, 0.1) is 0 Å². The minimum absolute atomic E-state index is 0.210. The quantitative estimate of drug-likeness (QED) is 0.755. The molecule has 70 valence electrons. The van der Waals surface area contributed by atoms with Gasteiger partial charge in [0.05, 0.1) is 0 Å². The van der Waals surface area contributed by atoms with E-state index in [2.05, 4.69) is 17.4 Å². The van der Waals surface area contributed by atoms with E-state index in [4.69, 9.17) is 0 Å². The van der Waals surface area contributed by atoms with Gasteiger partial charge < -0.3 is 5.32 Å². The summed E-state index contributed by atoms with van der Waals surface area (Å²) in [5.74, 6) is 0.210. The third-order valence-corrected chi connectivity index (χ3v) is 1.83. The number of benzene rings is 1. The third-order valence-electron chi connectivity index (χ3n) is 1.83. The maximum atomic E-state index is 10.9. The standard InChI is InChI=1S/C11H15NO/c1-9(13)6-10-4-3-5-11(7-10)8-12-2/h3-5,7,12H,6,8H2,1-2H3. The fourth-order valence-electron chi connectivity index (χ4n) is 1.34. The molecule has 0 saturated heterocycles. The number of rotatable bonds is 4. The van der Waals surface area contributed by atoms with Gasteiger partial charge in [-0.3, -0.25) is 4.79 Å². The highest BCUT2D eigenvalue weighted by Crippen LogP contribution is 2.05. The molecule has 1 rings (SSSR count). The minimum Gasteiger partial charge on any atom is -0.316 e. The summed E-state index contributed by atoms with van der Waals surface area (Å²) >= 11 is 0. The van der Waals surface area contributed by atoms with Crippen molar-refractivity contribution in [3.8, 4) is 0 Å². The van der Waals surface area contributed by atoms with Crippen LogP contribution in [-0.2, 0) is 17.8 Å². The zero-order valence-corrected chi connectivity index (χ0v) is 8.13. The molecule has 2 nitrogen and oxygen atoms in total. The van der Waals surface area contributed by atoms with Gasteiger partial charge >= 0.3 is 0 Å². The summed E-state index contributed by atoms with van der Waals surface area (Å²) < 4.78 is 0. The van der Waals surface area contributed by atoms with Gasteiger partial charge in [0, 0.05) is 13.0 Å². The number of nitrogens with one attached hydrogen (secondary N) is 1. The Kier molecular flexibility index (Phi) is 3.65. The van der Waals surface area contributed by atoms with Crippen LogP contribution in [0.15, 0.2) is 24.3 Å². The summed E-state index contributed by atoms with van der Waals surface area (Å²) in [5, 5.41) is 3.08. The summed E-state index contributed by atoms with van der Waals surface area (Å²) in [5.41, 5.74) is 2.32. The van der Waals surface area contributed by atoms with Crippen molar-refractivity contribution in [3.05, 3.63) is 35.4 Å². The normalized spacial score (nSPS) is 10.0. The molecule has 0 unspecified atom stereocenters. The number of ketones is 1. The Morgan fingerprint density at radius 1 is 1.38 bits per heavy atom. The summed E-state index contributed by atoms with van der Waals surface area (Å²) in [6.07, 6.45) is 0.539. The number of Topliss-reactive ketones (excluding diaryl/α,β-unsaturated/α-hetero) is 1. The van der Waals surface area contributed by atoms with Crippen LogP contribution in [-0.4, -0.2) is 12.8 Å². The Balaban J connectivity index is 2.73. The van der Waals surface area contributed by atoms with E-state index in [1.54, 1.807) is 6.92 Å². The molecule has 0 radical (unpaired) electrons. The molecular weight excluding hydrogens is 162 g/mol. The SMILES string of the molecule is CNCc1cccc(CC(C)=O)c1. The monoisotopic (exact) mass is 177 g/mol. The van der Waals surface area contributed by atoms with Gasteiger partial charge in [0.25, 0.3) is 0 Å². The predicted molar refractivity (Wildman–Crippen MR) is 53.6 cm³/mol. The van der Waals surface area contributed by atoms with Crippen molar-refractivity contribution < 1.29 is 4.79 Å². The van der Waals surface area contributed by atoms with E-state index >= 15 is 0 Å². The van der Waals surface area contributed by atoms with Crippen LogP contribution in [0.1, 0.15) is 18.1 Å². The molecule has 0 aliphatic heterocycles. The van der Waals surface area contributed by atoms with Gasteiger partial charge in [0.1, 0.15) is 5.78 Å². The smallest absolute Gasteiger partial charge is 0.134 e. The Morgan fingerprint density at radius 3 is 2.69 bits per heavy atom. The second-order valence-electron chi connectivity index (χ2n) is 3.23. The summed E-state index contributed by atoms with van der Waals surface area (Å²) in [7, 11) is 1.91. The third kappa shape index (κ3) is 3.38. The van der Waals surface area contributed by atoms with Gasteiger partial charge in [-0.25, -0.2) is 0 Å². The molecule has 0 atom stereocenters. The molecule has 1 N–H and O–H groups in total. The molecule has 0 fully saturated rings. The second-order valence-corrected chi connectivity index (χ2v) is 3.23. The fourth-order valence-corrected chi connectivity index (χ4v) is 1.34. The molecule has 1 aromatic rings. The number of hydrogen-bond donors (Lipinski definition) is 1. The van der Waals surface area contributed by atoms with Crippen molar-refractivity contribution in [1.82, 2.24) is 5.32 Å². The Morgan fingerprint density at radius 2 is 2.08 bits per heavy atom. The lowest BCUT2D eigenvalue weighted by molar-refractivity contribution is -0.116. The number of carbonyl (C=O) groups excluding carboxylic acids is 1. The van der Waals surface area contributed by atoms with E-state index in [9.17, 15) is 4.79 Å². The van der Waals surface area contributed by atoms with Gasteiger partial charge in [-0.2, -0.15) is 0 Å². The first kappa shape index (κ1) is 9.93. The van der Waals surface area contributed by atoms with Crippen LogP contribution in [0.2, 0.25) is 0 Å². The molecule has 13 heavy (non-hydrogen) atoms. The maximum absolute atomic E-state index is 10.9. The average molecular weight is 177 g/mol. The highest BCUT2D eigenvalue weighted by atomic mass is 16.1. The Labute approximate surface area is 79.0 Å². The van der Waals surface area contributed by atoms with Crippen molar-refractivity contribution in [2.45, 2.75) is 19.9 Å². The van der Waals surface area contributed by atoms with Crippen molar-refractivity contribution in [1.29, 1.82) is 0 Å². The van der Waals surface area contributed by atoms with Crippen LogP contribution in [0.4, 0.5) is 0 Å². The fraction of sp³-hybridized carbons (Fsp3) is 0.364. The van der Waals surface area contributed by atoms with Crippen LogP contribution >= 0.6 is 0 Å². The lowest BCUT2D eigenvalue weighted by Crippen LogP contribution is -2.05. The Bertz CT molecular complexity index is 294. The van der Waals surface area contributed by atoms with Gasteiger partial charge in [0.2, 0.25) is 0 Å². The molecule has 0 saturated carbocycles. The van der Waals surface area contributed by atoms with Crippen molar-refractivity contribution in [2.75, 3.05) is 7.05 Å². The lowest BCUT2D eigenvalue weighted by Gasteiger charge is -2.02. The van der Waals surface area contributed by atoms with Gasteiger partial charge in [-0.15, -0.1) is 0 Å². The first-order valence-corrected chi connectivity index (χ1v) is 4.44. The van der Waals surface area contributed by atoms with Crippen molar-refractivity contribution in [3.63, 3.8) is 0 Å². The molecule has 0 aliphatic carbocycles. The van der Waals surface area contributed by atoms with Crippen LogP contribution in [0.5, 0.6) is 0 Å². The molecule has 0 heterocycles. The summed E-state index contributed by atoms with van der Waals surface area (Å²) in [4.78, 5) is 10.9. The van der Waals surface area contributed by atoms with Gasteiger partial charge in [-0.05, 0) is 25.1 Å². The first-order chi connectivity index (χ1) is 6.22. The second kappa shape index (κ2) is 4.77. The van der Waals surface area contributed by atoms with Crippen LogP contribution in [0.3, 0.4) is 0 Å². The van der Waals surface area contributed by atoms with E-state index in [1.165, 1.54) is 5.56 Å². The Hall–Kier alpha value is -1.15. The predicted octanol–water partition coefficient (Wildman–Crippen LogP) is 1.54. The molecule has 0 bridgehead atoms. The zero-order chi connectivity index (χ0) is 9.68. The van der Waals surface area contributed by atoms with Gasteiger partial charge in [0.15, 0.2) is 0 Å². The zero-order valence-electron chi connectivity index (χ0n) is 8.13. The van der Waals surface area contributed by atoms with Crippen LogP contribution < -0.4 is 5.32 Å². The maximum Gasteiger partial charge on any atom is 0.134 e. The largest absolute Gasteiger partial charge is 0.316 e. The first-order valence-electron chi connectivity index (χ1n) is 4.44. The lowest BCUT2D eigenvalue weighted by atomic mass is 10.1. The van der Waals surface area contributed by atoms with Crippen molar-refractivity contribution >= 4 is 5.78 Å². The van der Waals surface area contributed by atoms with Gasteiger partial charge in [-0.1, -0.05) is 24.3 Å². The molecule has 0 aromatic heterocycles. The molecule has 0 spiro atoms. The molecule has 1 aromatic carbocycles. The molecular formula is C11H15NO. The molecule has 0 amide bonds. The van der Waals surface area contributed by atoms with E-state index in [0.29, 0.717) is 6.42 Å². The topological polar surface area (TPSA) is 29.1 Å². The highest BCUT2D eigenvalue weighted by molar-refractivity contribution is 5.78. The van der Waals surface area contributed by atoms with E-state index in [0.717, 1.165) is 12.1 Å². The summed E-state index contributed by atoms with van der Waals surface area (Å²) in [6.45, 7) is 2.47. The minimum atomic E-state index is 0.210.